The summed E-state index contributed by atoms with van der Waals surface area (Å²) in [5.74, 6) is -0.254. The van der Waals surface area contributed by atoms with Gasteiger partial charge in [-0.25, -0.2) is 0 Å². The topological polar surface area (TPSA) is 77.3 Å². The minimum Gasteiger partial charge on any atom is -0.466 e. The predicted octanol–water partition coefficient (Wildman–Crippen LogP) is 3.12. The molecule has 2 atom stereocenters. The number of fused-ring (bicyclic) bond motifs is 1. The predicted molar refractivity (Wildman–Crippen MR) is 113 cm³/mol. The number of pyridine rings is 1. The summed E-state index contributed by atoms with van der Waals surface area (Å²) < 4.78 is 6.96. The molecule has 0 aliphatic heterocycles. The summed E-state index contributed by atoms with van der Waals surface area (Å²) in [6.07, 6.45) is 2.41. The van der Waals surface area contributed by atoms with Gasteiger partial charge in [-0.05, 0) is 44.4 Å². The molecule has 0 unspecified atom stereocenters. The van der Waals surface area contributed by atoms with Crippen molar-refractivity contribution in [1.82, 2.24) is 19.7 Å². The van der Waals surface area contributed by atoms with E-state index in [1.807, 2.05) is 51.2 Å². The van der Waals surface area contributed by atoms with Crippen LogP contribution in [0.4, 0.5) is 0 Å². The van der Waals surface area contributed by atoms with Gasteiger partial charge in [0.1, 0.15) is 0 Å². The van der Waals surface area contributed by atoms with E-state index < -0.39 is 0 Å². The van der Waals surface area contributed by atoms with Gasteiger partial charge in [-0.3, -0.25) is 19.3 Å². The maximum atomic E-state index is 13.6. The molecule has 0 radical (unpaired) electrons. The lowest BCUT2D eigenvalue weighted by atomic mass is 10.1. The van der Waals surface area contributed by atoms with Crippen LogP contribution in [0.3, 0.4) is 0 Å². The third kappa shape index (κ3) is 4.06. The lowest BCUT2D eigenvalue weighted by Crippen LogP contribution is -2.33. The summed E-state index contributed by atoms with van der Waals surface area (Å²) >= 11 is 0. The third-order valence-corrected chi connectivity index (χ3v) is 5.65. The largest absolute Gasteiger partial charge is 0.466 e. The van der Waals surface area contributed by atoms with Crippen LogP contribution in [0.2, 0.25) is 0 Å². The number of ether oxygens (including phenoxy) is 1. The van der Waals surface area contributed by atoms with Crippen molar-refractivity contribution in [2.24, 2.45) is 18.9 Å². The number of aromatic nitrogens is 3. The first-order chi connectivity index (χ1) is 14.5. The maximum Gasteiger partial charge on any atom is 0.309 e. The Morgan fingerprint density at radius 3 is 2.80 bits per heavy atom. The Morgan fingerprint density at radius 1 is 1.27 bits per heavy atom. The van der Waals surface area contributed by atoms with Crippen molar-refractivity contribution in [3.05, 3.63) is 59.5 Å². The van der Waals surface area contributed by atoms with Gasteiger partial charge < -0.3 is 9.64 Å². The van der Waals surface area contributed by atoms with Crippen LogP contribution in [0.5, 0.6) is 0 Å². The molecule has 3 aromatic rings. The van der Waals surface area contributed by atoms with E-state index >= 15 is 0 Å². The van der Waals surface area contributed by atoms with Crippen LogP contribution in [0.1, 0.15) is 35.1 Å². The number of esters is 1. The fourth-order valence-corrected chi connectivity index (χ4v) is 3.85. The summed E-state index contributed by atoms with van der Waals surface area (Å²) in [4.78, 5) is 31.8. The molecule has 30 heavy (non-hydrogen) atoms. The lowest BCUT2D eigenvalue weighted by Gasteiger charge is -2.23. The van der Waals surface area contributed by atoms with Gasteiger partial charge in [0.15, 0.2) is 0 Å². The van der Waals surface area contributed by atoms with E-state index in [2.05, 4.69) is 10.1 Å². The minimum absolute atomic E-state index is 0.0774. The fourth-order valence-electron chi connectivity index (χ4n) is 3.85. The van der Waals surface area contributed by atoms with Crippen molar-refractivity contribution >= 4 is 22.8 Å². The van der Waals surface area contributed by atoms with Crippen molar-refractivity contribution in [3.63, 3.8) is 0 Å². The number of amides is 1. The molecule has 4 rings (SSSR count). The Kier molecular flexibility index (Phi) is 5.53. The van der Waals surface area contributed by atoms with Crippen LogP contribution < -0.4 is 0 Å². The number of hydrogen-bond acceptors (Lipinski definition) is 5. The van der Waals surface area contributed by atoms with Gasteiger partial charge in [-0.15, -0.1) is 0 Å². The molecule has 0 N–H and O–H groups in total. The zero-order chi connectivity index (χ0) is 21.3. The molecule has 2 aromatic heterocycles. The lowest BCUT2D eigenvalue weighted by molar-refractivity contribution is -0.145. The Morgan fingerprint density at radius 2 is 2.07 bits per heavy atom. The van der Waals surface area contributed by atoms with Gasteiger partial charge in [-0.1, -0.05) is 18.2 Å². The first kappa shape index (κ1) is 20.1. The first-order valence-electron chi connectivity index (χ1n) is 10.3. The second-order valence-corrected chi connectivity index (χ2v) is 7.82. The molecular weight excluding hydrogens is 380 g/mol. The van der Waals surface area contributed by atoms with Crippen molar-refractivity contribution in [1.29, 1.82) is 0 Å². The summed E-state index contributed by atoms with van der Waals surface area (Å²) in [7, 11) is 1.89. The molecule has 0 saturated heterocycles. The molecule has 1 aliphatic carbocycles. The van der Waals surface area contributed by atoms with Crippen LogP contribution in [0.15, 0.2) is 42.6 Å². The monoisotopic (exact) mass is 406 g/mol. The molecule has 1 amide bonds. The number of rotatable bonds is 7. The van der Waals surface area contributed by atoms with E-state index in [1.165, 1.54) is 0 Å². The standard InChI is InChI=1S/C23H26N4O3/c1-4-30-23(29)20-12-16(20)13-27(14-17-11-15(2)26(3)25-17)22(28)19-9-10-24-21-8-6-5-7-18(19)21/h5-11,16,20H,4,12-14H2,1-3H3/t16-,20+/m1/s1. The van der Waals surface area contributed by atoms with E-state index in [4.69, 9.17) is 4.74 Å². The molecule has 1 saturated carbocycles. The maximum absolute atomic E-state index is 13.6. The Balaban J connectivity index is 1.61. The van der Waals surface area contributed by atoms with Gasteiger partial charge in [-0.2, -0.15) is 5.10 Å². The molecule has 1 aliphatic rings. The molecule has 1 aromatic carbocycles. The van der Waals surface area contributed by atoms with E-state index in [9.17, 15) is 9.59 Å². The molecule has 7 heteroatoms. The van der Waals surface area contributed by atoms with Gasteiger partial charge in [0.25, 0.3) is 5.91 Å². The number of carbonyl (C=O) groups excluding carboxylic acids is 2. The molecule has 156 valence electrons. The third-order valence-electron chi connectivity index (χ3n) is 5.65. The smallest absolute Gasteiger partial charge is 0.309 e. The molecule has 1 fully saturated rings. The highest BCUT2D eigenvalue weighted by atomic mass is 16.5. The molecular formula is C23H26N4O3. The van der Waals surface area contributed by atoms with Crippen molar-refractivity contribution in [2.45, 2.75) is 26.8 Å². The fraction of sp³-hybridized carbons (Fsp3) is 0.391. The number of benzene rings is 1. The van der Waals surface area contributed by atoms with Crippen molar-refractivity contribution < 1.29 is 14.3 Å². The highest BCUT2D eigenvalue weighted by molar-refractivity contribution is 6.06. The number of para-hydroxylation sites is 1. The van der Waals surface area contributed by atoms with Crippen LogP contribution in [-0.4, -0.2) is 44.7 Å². The average Bonchev–Trinajstić information content (AvgIpc) is 3.44. The Labute approximate surface area is 175 Å². The summed E-state index contributed by atoms with van der Waals surface area (Å²) in [5, 5.41) is 5.34. The highest BCUT2D eigenvalue weighted by Crippen LogP contribution is 2.40. The summed E-state index contributed by atoms with van der Waals surface area (Å²) in [6.45, 7) is 5.05. The number of aryl methyl sites for hydroxylation is 2. The molecule has 7 nitrogen and oxygen atoms in total. The van der Waals surface area contributed by atoms with E-state index in [0.29, 0.717) is 25.3 Å². The number of carbonyl (C=O) groups is 2. The van der Waals surface area contributed by atoms with E-state index in [-0.39, 0.29) is 23.7 Å². The van der Waals surface area contributed by atoms with Gasteiger partial charge in [0, 0.05) is 30.9 Å². The first-order valence-corrected chi connectivity index (χ1v) is 10.3. The van der Waals surface area contributed by atoms with Crippen LogP contribution in [0, 0.1) is 18.8 Å². The van der Waals surface area contributed by atoms with Crippen LogP contribution >= 0.6 is 0 Å². The van der Waals surface area contributed by atoms with Gasteiger partial charge >= 0.3 is 5.97 Å². The zero-order valence-electron chi connectivity index (χ0n) is 17.5. The Bertz CT molecular complexity index is 1070. The van der Waals surface area contributed by atoms with Gasteiger partial charge in [0.2, 0.25) is 0 Å². The summed E-state index contributed by atoms with van der Waals surface area (Å²) in [5.41, 5.74) is 3.26. The van der Waals surface area contributed by atoms with E-state index in [1.54, 1.807) is 21.8 Å². The van der Waals surface area contributed by atoms with Crippen molar-refractivity contribution in [2.75, 3.05) is 13.2 Å². The second-order valence-electron chi connectivity index (χ2n) is 7.82. The van der Waals surface area contributed by atoms with Crippen LogP contribution in [-0.2, 0) is 23.1 Å². The quantitative estimate of drug-likeness (QED) is 0.564. The summed E-state index contributed by atoms with van der Waals surface area (Å²) in [6, 6.07) is 11.4. The molecule has 0 bridgehead atoms. The second kappa shape index (κ2) is 8.26. The molecule has 2 heterocycles. The number of nitrogens with zero attached hydrogens (tertiary/aromatic N) is 4. The van der Waals surface area contributed by atoms with E-state index in [0.717, 1.165) is 28.7 Å². The zero-order valence-corrected chi connectivity index (χ0v) is 17.5. The van der Waals surface area contributed by atoms with Crippen molar-refractivity contribution in [3.8, 4) is 0 Å². The normalized spacial score (nSPS) is 17.7. The highest BCUT2D eigenvalue weighted by Gasteiger charge is 2.45. The average molecular weight is 406 g/mol. The Hall–Kier alpha value is -3.22. The minimum atomic E-state index is -0.169. The number of hydrogen-bond donors (Lipinski definition) is 0. The van der Waals surface area contributed by atoms with Gasteiger partial charge in [0.05, 0.1) is 35.8 Å². The van der Waals surface area contributed by atoms with Crippen LogP contribution in [0.25, 0.3) is 10.9 Å². The molecule has 0 spiro atoms. The SMILES string of the molecule is CCOC(=O)[C@H]1C[C@@H]1CN(Cc1cc(C)n(C)n1)C(=O)c1ccnc2ccccc12.